The Balaban J connectivity index is 2.06. The van der Waals surface area contributed by atoms with Crippen LogP contribution in [-0.4, -0.2) is 18.8 Å². The smallest absolute Gasteiger partial charge is 0.130 e. The monoisotopic (exact) mass is 254 g/mol. The van der Waals surface area contributed by atoms with E-state index in [0.717, 1.165) is 22.4 Å². The summed E-state index contributed by atoms with van der Waals surface area (Å²) in [5.74, 6) is 1.76. The van der Waals surface area contributed by atoms with Gasteiger partial charge in [0.15, 0.2) is 0 Å². The van der Waals surface area contributed by atoms with Gasteiger partial charge in [-0.2, -0.15) is 0 Å². The van der Waals surface area contributed by atoms with Crippen molar-refractivity contribution in [1.29, 1.82) is 0 Å². The third-order valence-electron chi connectivity index (χ3n) is 3.16. The molecule has 3 rings (SSSR count). The molecule has 0 bridgehead atoms. The van der Waals surface area contributed by atoms with Crippen LogP contribution in [0.1, 0.15) is 11.1 Å². The highest BCUT2D eigenvalue weighted by Crippen LogP contribution is 2.35. The molecular formula is C16H14O3. The molecule has 0 spiro atoms. The van der Waals surface area contributed by atoms with Gasteiger partial charge in [-0.25, -0.2) is 0 Å². The Bertz CT molecular complexity index is 644. The highest BCUT2D eigenvalue weighted by molar-refractivity contribution is 5.87. The van der Waals surface area contributed by atoms with E-state index in [1.165, 1.54) is 0 Å². The SMILES string of the molecule is COc1ccccc1C1=Cc2ccc(O)cc2OC1. The summed E-state index contributed by atoms with van der Waals surface area (Å²) in [5, 5.41) is 9.43. The molecule has 0 fully saturated rings. The van der Waals surface area contributed by atoms with Crippen LogP contribution in [0.4, 0.5) is 0 Å². The molecule has 0 saturated heterocycles. The number of benzene rings is 2. The number of methoxy groups -OCH3 is 1. The number of hydrogen-bond donors (Lipinski definition) is 1. The Morgan fingerprint density at radius 1 is 1.16 bits per heavy atom. The second kappa shape index (κ2) is 4.69. The molecule has 1 heterocycles. The molecule has 96 valence electrons. The minimum atomic E-state index is 0.216. The summed E-state index contributed by atoms with van der Waals surface area (Å²) in [4.78, 5) is 0. The summed E-state index contributed by atoms with van der Waals surface area (Å²) in [5.41, 5.74) is 3.06. The Labute approximate surface area is 111 Å². The first kappa shape index (κ1) is 11.7. The van der Waals surface area contributed by atoms with Crippen molar-refractivity contribution in [1.82, 2.24) is 0 Å². The number of rotatable bonds is 2. The van der Waals surface area contributed by atoms with Crippen LogP contribution in [0.2, 0.25) is 0 Å². The minimum Gasteiger partial charge on any atom is -0.508 e. The molecule has 0 amide bonds. The summed E-state index contributed by atoms with van der Waals surface area (Å²) in [7, 11) is 1.66. The van der Waals surface area contributed by atoms with Gasteiger partial charge >= 0.3 is 0 Å². The number of phenolic OH excluding ortho intramolecular Hbond substituents is 1. The lowest BCUT2D eigenvalue weighted by atomic mass is 10.00. The van der Waals surface area contributed by atoms with E-state index in [-0.39, 0.29) is 5.75 Å². The maximum absolute atomic E-state index is 9.43. The quantitative estimate of drug-likeness (QED) is 0.893. The molecule has 0 saturated carbocycles. The van der Waals surface area contributed by atoms with Gasteiger partial charge in [-0.15, -0.1) is 0 Å². The number of fused-ring (bicyclic) bond motifs is 1. The van der Waals surface area contributed by atoms with Crippen LogP contribution in [0.15, 0.2) is 42.5 Å². The lowest BCUT2D eigenvalue weighted by Crippen LogP contribution is -2.07. The molecule has 3 heteroatoms. The number of phenols is 1. The fraction of sp³-hybridized carbons (Fsp3) is 0.125. The van der Waals surface area contributed by atoms with Crippen molar-refractivity contribution in [2.24, 2.45) is 0 Å². The Morgan fingerprint density at radius 3 is 2.84 bits per heavy atom. The van der Waals surface area contributed by atoms with E-state index in [4.69, 9.17) is 9.47 Å². The van der Waals surface area contributed by atoms with Crippen molar-refractivity contribution in [2.75, 3.05) is 13.7 Å². The molecule has 0 atom stereocenters. The van der Waals surface area contributed by atoms with Gasteiger partial charge in [-0.1, -0.05) is 18.2 Å². The minimum absolute atomic E-state index is 0.216. The third kappa shape index (κ3) is 2.15. The van der Waals surface area contributed by atoms with Crippen molar-refractivity contribution in [3.05, 3.63) is 53.6 Å². The molecule has 0 unspecified atom stereocenters. The molecule has 1 aliphatic rings. The van der Waals surface area contributed by atoms with E-state index in [1.807, 2.05) is 30.3 Å². The second-order valence-corrected chi connectivity index (χ2v) is 4.38. The summed E-state index contributed by atoms with van der Waals surface area (Å²) in [6, 6.07) is 13.0. The van der Waals surface area contributed by atoms with Crippen molar-refractivity contribution in [3.8, 4) is 17.2 Å². The molecule has 2 aromatic carbocycles. The standard InChI is InChI=1S/C16H14O3/c1-18-15-5-3-2-4-14(15)12-8-11-6-7-13(17)9-16(11)19-10-12/h2-9,17H,10H2,1H3. The van der Waals surface area contributed by atoms with E-state index in [0.29, 0.717) is 12.4 Å². The van der Waals surface area contributed by atoms with E-state index < -0.39 is 0 Å². The van der Waals surface area contributed by atoms with Crippen LogP contribution >= 0.6 is 0 Å². The number of para-hydroxylation sites is 1. The van der Waals surface area contributed by atoms with Crippen molar-refractivity contribution >= 4 is 11.6 Å². The molecular weight excluding hydrogens is 240 g/mol. The average molecular weight is 254 g/mol. The van der Waals surface area contributed by atoms with E-state index in [2.05, 4.69) is 6.08 Å². The van der Waals surface area contributed by atoms with Crippen LogP contribution in [0.25, 0.3) is 11.6 Å². The first-order chi connectivity index (χ1) is 9.28. The van der Waals surface area contributed by atoms with Gasteiger partial charge in [0.25, 0.3) is 0 Å². The predicted octanol–water partition coefficient (Wildman–Crippen LogP) is 3.33. The zero-order chi connectivity index (χ0) is 13.2. The second-order valence-electron chi connectivity index (χ2n) is 4.38. The summed E-state index contributed by atoms with van der Waals surface area (Å²) in [6.07, 6.45) is 2.07. The van der Waals surface area contributed by atoms with Gasteiger partial charge in [0.05, 0.1) is 7.11 Å². The zero-order valence-electron chi connectivity index (χ0n) is 10.6. The Hall–Kier alpha value is -2.42. The van der Waals surface area contributed by atoms with Crippen LogP contribution < -0.4 is 9.47 Å². The van der Waals surface area contributed by atoms with Crippen LogP contribution in [0, 0.1) is 0 Å². The largest absolute Gasteiger partial charge is 0.508 e. The predicted molar refractivity (Wildman–Crippen MR) is 74.5 cm³/mol. The third-order valence-corrected chi connectivity index (χ3v) is 3.16. The van der Waals surface area contributed by atoms with Gasteiger partial charge in [0.1, 0.15) is 23.9 Å². The lowest BCUT2D eigenvalue weighted by Gasteiger charge is -2.19. The van der Waals surface area contributed by atoms with Crippen LogP contribution in [-0.2, 0) is 0 Å². The highest BCUT2D eigenvalue weighted by atomic mass is 16.5. The maximum atomic E-state index is 9.43. The van der Waals surface area contributed by atoms with Gasteiger partial charge in [-0.05, 0) is 24.3 Å². The lowest BCUT2D eigenvalue weighted by molar-refractivity contribution is 0.360. The summed E-state index contributed by atoms with van der Waals surface area (Å²) >= 11 is 0. The van der Waals surface area contributed by atoms with Gasteiger partial charge in [0, 0.05) is 22.8 Å². The van der Waals surface area contributed by atoms with E-state index in [9.17, 15) is 5.11 Å². The van der Waals surface area contributed by atoms with E-state index >= 15 is 0 Å². The fourth-order valence-corrected chi connectivity index (χ4v) is 2.22. The molecule has 19 heavy (non-hydrogen) atoms. The first-order valence-electron chi connectivity index (χ1n) is 6.08. The summed E-state index contributed by atoms with van der Waals surface area (Å²) < 4.78 is 11.1. The number of ether oxygens (including phenoxy) is 2. The van der Waals surface area contributed by atoms with Crippen LogP contribution in [0.5, 0.6) is 17.2 Å². The number of hydrogen-bond acceptors (Lipinski definition) is 3. The van der Waals surface area contributed by atoms with Crippen molar-refractivity contribution in [2.45, 2.75) is 0 Å². The Morgan fingerprint density at radius 2 is 2.00 bits per heavy atom. The fourth-order valence-electron chi connectivity index (χ4n) is 2.22. The summed E-state index contributed by atoms with van der Waals surface area (Å²) in [6.45, 7) is 0.469. The number of aromatic hydroxyl groups is 1. The molecule has 1 N–H and O–H groups in total. The first-order valence-corrected chi connectivity index (χ1v) is 6.08. The normalized spacial score (nSPS) is 13.2. The molecule has 3 nitrogen and oxygen atoms in total. The van der Waals surface area contributed by atoms with Gasteiger partial charge in [0.2, 0.25) is 0 Å². The van der Waals surface area contributed by atoms with Gasteiger partial charge < -0.3 is 14.6 Å². The van der Waals surface area contributed by atoms with Crippen molar-refractivity contribution in [3.63, 3.8) is 0 Å². The molecule has 0 radical (unpaired) electrons. The van der Waals surface area contributed by atoms with Crippen molar-refractivity contribution < 1.29 is 14.6 Å². The van der Waals surface area contributed by atoms with Crippen LogP contribution in [0.3, 0.4) is 0 Å². The maximum Gasteiger partial charge on any atom is 0.130 e. The molecule has 0 aliphatic carbocycles. The average Bonchev–Trinajstić information content (AvgIpc) is 2.46. The highest BCUT2D eigenvalue weighted by Gasteiger charge is 2.15. The topological polar surface area (TPSA) is 38.7 Å². The van der Waals surface area contributed by atoms with Gasteiger partial charge in [-0.3, -0.25) is 0 Å². The Kier molecular flexibility index (Phi) is 2.88. The molecule has 0 aromatic heterocycles. The van der Waals surface area contributed by atoms with E-state index in [1.54, 1.807) is 19.2 Å². The molecule has 1 aliphatic heterocycles. The molecule has 2 aromatic rings. The zero-order valence-corrected chi connectivity index (χ0v) is 10.6.